The molecule has 0 aliphatic heterocycles. The molecule has 0 spiro atoms. The molecule has 1 fully saturated rings. The highest BCUT2D eigenvalue weighted by molar-refractivity contribution is 5.88. The third-order valence-corrected chi connectivity index (χ3v) is 5.27. The SMILES string of the molecule is C=CC(=O)CCCCCCCOC(=C)/C=C\C(=C)OC(=C)C1CCC(C)CC1. The largest absolute Gasteiger partial charge is 0.494 e. The predicted octanol–water partition coefficient (Wildman–Crippen LogP) is 7.04. The molecule has 0 heterocycles. The van der Waals surface area contributed by atoms with Crippen LogP contribution in [-0.4, -0.2) is 12.4 Å². The van der Waals surface area contributed by atoms with Gasteiger partial charge in [0.1, 0.15) is 11.5 Å². The molecule has 0 radical (unpaired) electrons. The minimum Gasteiger partial charge on any atom is -0.494 e. The lowest BCUT2D eigenvalue weighted by Crippen LogP contribution is -2.15. The molecule has 0 atom stereocenters. The molecule has 1 aliphatic rings. The third kappa shape index (κ3) is 11.0. The first-order valence-corrected chi connectivity index (χ1v) is 10.6. The fourth-order valence-electron chi connectivity index (χ4n) is 3.34. The van der Waals surface area contributed by atoms with Crippen molar-refractivity contribution in [1.29, 1.82) is 0 Å². The Morgan fingerprint density at radius 2 is 1.54 bits per heavy atom. The van der Waals surface area contributed by atoms with Crippen LogP contribution in [0.4, 0.5) is 0 Å². The Morgan fingerprint density at radius 3 is 2.21 bits per heavy atom. The summed E-state index contributed by atoms with van der Waals surface area (Å²) in [5.41, 5.74) is 0. The van der Waals surface area contributed by atoms with Crippen molar-refractivity contribution >= 4 is 5.78 Å². The van der Waals surface area contributed by atoms with Crippen LogP contribution in [0.5, 0.6) is 0 Å². The normalized spacial score (nSPS) is 19.2. The summed E-state index contributed by atoms with van der Waals surface area (Å²) in [5, 5.41) is 0. The molecule has 0 aromatic rings. The number of carbonyl (C=O) groups excluding carboxylic acids is 1. The number of carbonyl (C=O) groups is 1. The van der Waals surface area contributed by atoms with Crippen LogP contribution in [0.3, 0.4) is 0 Å². The number of rotatable bonds is 15. The van der Waals surface area contributed by atoms with E-state index in [1.54, 1.807) is 12.2 Å². The van der Waals surface area contributed by atoms with Gasteiger partial charge in [0.2, 0.25) is 0 Å². The molecule has 0 aromatic carbocycles. The lowest BCUT2D eigenvalue weighted by molar-refractivity contribution is -0.114. The second-order valence-corrected chi connectivity index (χ2v) is 7.83. The molecule has 0 bridgehead atoms. The molecule has 0 saturated heterocycles. The standard InChI is InChI=1S/C25H38O3/c1-6-25(26)12-10-8-7-9-11-19-27-21(3)15-16-22(4)28-23(5)24-17-13-20(2)14-18-24/h6,15-16,20,24H,1,3-5,7-14,17-19H2,2H3/b16-15-. The van der Waals surface area contributed by atoms with Crippen LogP contribution >= 0.6 is 0 Å². The zero-order chi connectivity index (χ0) is 20.8. The highest BCUT2D eigenvalue weighted by Gasteiger charge is 2.21. The molecule has 1 saturated carbocycles. The van der Waals surface area contributed by atoms with Gasteiger partial charge in [-0.15, -0.1) is 0 Å². The van der Waals surface area contributed by atoms with Crippen LogP contribution < -0.4 is 0 Å². The first-order chi connectivity index (χ1) is 13.4. The van der Waals surface area contributed by atoms with E-state index in [4.69, 9.17) is 9.47 Å². The molecule has 0 amide bonds. The minimum absolute atomic E-state index is 0.133. The summed E-state index contributed by atoms with van der Waals surface area (Å²) >= 11 is 0. The van der Waals surface area contributed by atoms with E-state index >= 15 is 0 Å². The van der Waals surface area contributed by atoms with Crippen molar-refractivity contribution in [3.63, 3.8) is 0 Å². The maximum Gasteiger partial charge on any atom is 0.155 e. The molecule has 28 heavy (non-hydrogen) atoms. The summed E-state index contributed by atoms with van der Waals surface area (Å²) in [5.74, 6) is 3.39. The monoisotopic (exact) mass is 386 g/mol. The maximum absolute atomic E-state index is 11.1. The van der Waals surface area contributed by atoms with E-state index < -0.39 is 0 Å². The lowest BCUT2D eigenvalue weighted by Gasteiger charge is -2.27. The van der Waals surface area contributed by atoms with Crippen molar-refractivity contribution in [1.82, 2.24) is 0 Å². The van der Waals surface area contributed by atoms with Crippen LogP contribution in [-0.2, 0) is 14.3 Å². The van der Waals surface area contributed by atoms with E-state index in [0.29, 0.717) is 30.5 Å². The first kappa shape index (κ1) is 24.0. The zero-order valence-electron chi connectivity index (χ0n) is 17.7. The Hall–Kier alpha value is -2.03. The third-order valence-electron chi connectivity index (χ3n) is 5.27. The molecule has 0 aromatic heterocycles. The number of allylic oxidation sites excluding steroid dienone is 4. The maximum atomic E-state index is 11.1. The van der Waals surface area contributed by atoms with E-state index in [9.17, 15) is 4.79 Å². The van der Waals surface area contributed by atoms with Crippen molar-refractivity contribution in [2.45, 2.75) is 71.1 Å². The molecule has 0 unspecified atom stereocenters. The molecule has 1 aliphatic carbocycles. The number of ketones is 1. The van der Waals surface area contributed by atoms with E-state index in [1.165, 1.54) is 18.9 Å². The average Bonchev–Trinajstić information content (AvgIpc) is 2.68. The molecule has 0 N–H and O–H groups in total. The minimum atomic E-state index is 0.133. The Kier molecular flexibility index (Phi) is 12.0. The number of hydrogen-bond acceptors (Lipinski definition) is 3. The van der Waals surface area contributed by atoms with Crippen LogP contribution in [0.2, 0.25) is 0 Å². The highest BCUT2D eigenvalue weighted by Crippen LogP contribution is 2.33. The van der Waals surface area contributed by atoms with Crippen LogP contribution in [0.25, 0.3) is 0 Å². The van der Waals surface area contributed by atoms with Crippen molar-refractivity contribution < 1.29 is 14.3 Å². The van der Waals surface area contributed by atoms with Gasteiger partial charge in [-0.25, -0.2) is 0 Å². The number of ether oxygens (including phenoxy) is 2. The number of unbranched alkanes of at least 4 members (excludes halogenated alkanes) is 4. The molecule has 156 valence electrons. The lowest BCUT2D eigenvalue weighted by atomic mass is 9.82. The summed E-state index contributed by atoms with van der Waals surface area (Å²) in [6, 6.07) is 0. The van der Waals surface area contributed by atoms with Gasteiger partial charge in [-0.05, 0) is 49.8 Å². The fraction of sp³-hybridized carbons (Fsp3) is 0.560. The van der Waals surface area contributed by atoms with Gasteiger partial charge in [0, 0.05) is 12.3 Å². The van der Waals surface area contributed by atoms with Gasteiger partial charge in [-0.3, -0.25) is 4.79 Å². The molecule has 3 heteroatoms. The second-order valence-electron chi connectivity index (χ2n) is 7.83. The van der Waals surface area contributed by atoms with Gasteiger partial charge in [0.05, 0.1) is 12.4 Å². The van der Waals surface area contributed by atoms with E-state index in [1.807, 2.05) is 0 Å². The number of hydrogen-bond donors (Lipinski definition) is 0. The Bertz CT molecular complexity index is 562. The smallest absolute Gasteiger partial charge is 0.155 e. The van der Waals surface area contributed by atoms with Gasteiger partial charge < -0.3 is 9.47 Å². The van der Waals surface area contributed by atoms with Crippen molar-refractivity contribution in [2.24, 2.45) is 11.8 Å². The highest BCUT2D eigenvalue weighted by atomic mass is 16.5. The predicted molar refractivity (Wildman–Crippen MR) is 118 cm³/mol. The fourth-order valence-corrected chi connectivity index (χ4v) is 3.34. The van der Waals surface area contributed by atoms with Gasteiger partial charge in [0.15, 0.2) is 5.78 Å². The Morgan fingerprint density at radius 1 is 0.929 bits per heavy atom. The van der Waals surface area contributed by atoms with Crippen molar-refractivity contribution in [3.8, 4) is 0 Å². The van der Waals surface area contributed by atoms with E-state index in [2.05, 4.69) is 33.2 Å². The molecular weight excluding hydrogens is 348 g/mol. The Balaban J connectivity index is 2.08. The topological polar surface area (TPSA) is 35.5 Å². The van der Waals surface area contributed by atoms with E-state index in [-0.39, 0.29) is 5.78 Å². The molecule has 1 rings (SSSR count). The summed E-state index contributed by atoms with van der Waals surface area (Å²) in [6.07, 6.45) is 15.6. The second kappa shape index (κ2) is 14.0. The van der Waals surface area contributed by atoms with Crippen LogP contribution in [0.15, 0.2) is 61.8 Å². The zero-order valence-corrected chi connectivity index (χ0v) is 17.7. The van der Waals surface area contributed by atoms with Crippen molar-refractivity contribution in [2.75, 3.05) is 6.61 Å². The summed E-state index contributed by atoms with van der Waals surface area (Å²) < 4.78 is 11.4. The quantitative estimate of drug-likeness (QED) is 0.131. The average molecular weight is 387 g/mol. The van der Waals surface area contributed by atoms with Crippen LogP contribution in [0, 0.1) is 11.8 Å². The molecule has 3 nitrogen and oxygen atoms in total. The Labute approximate surface area is 171 Å². The molecular formula is C25H38O3. The van der Waals surface area contributed by atoms with Crippen LogP contribution in [0.1, 0.15) is 71.1 Å². The first-order valence-electron chi connectivity index (χ1n) is 10.6. The summed E-state index contributed by atoms with van der Waals surface area (Å²) in [6.45, 7) is 18.4. The summed E-state index contributed by atoms with van der Waals surface area (Å²) in [7, 11) is 0. The van der Waals surface area contributed by atoms with Gasteiger partial charge in [-0.2, -0.15) is 0 Å². The van der Waals surface area contributed by atoms with Gasteiger partial charge >= 0.3 is 0 Å². The summed E-state index contributed by atoms with van der Waals surface area (Å²) in [4.78, 5) is 11.1. The van der Waals surface area contributed by atoms with Gasteiger partial charge in [-0.1, -0.05) is 65.3 Å². The van der Waals surface area contributed by atoms with Crippen molar-refractivity contribution in [3.05, 3.63) is 61.8 Å². The van der Waals surface area contributed by atoms with E-state index in [0.717, 1.165) is 56.6 Å². The van der Waals surface area contributed by atoms with Gasteiger partial charge in [0.25, 0.3) is 0 Å².